The zero-order valence-corrected chi connectivity index (χ0v) is 13.8. The molecule has 20 heavy (non-hydrogen) atoms. The molecule has 0 amide bonds. The van der Waals surface area contributed by atoms with Crippen LogP contribution in [0.3, 0.4) is 0 Å². The molecule has 2 aromatic rings. The number of nitrogens with zero attached hydrogens (tertiary/aromatic N) is 3. The van der Waals surface area contributed by atoms with E-state index >= 15 is 0 Å². The fourth-order valence-electron chi connectivity index (χ4n) is 2.31. The Balaban J connectivity index is 2.23. The van der Waals surface area contributed by atoms with Crippen molar-refractivity contribution in [3.8, 4) is 0 Å². The Morgan fingerprint density at radius 2 is 2.10 bits per heavy atom. The minimum absolute atomic E-state index is 0.206. The van der Waals surface area contributed by atoms with E-state index in [1.54, 1.807) is 6.20 Å². The Bertz CT molecular complexity index is 592. The molecule has 2 N–H and O–H groups in total. The van der Waals surface area contributed by atoms with Gasteiger partial charge in [-0.1, -0.05) is 6.92 Å². The van der Waals surface area contributed by atoms with Crippen molar-refractivity contribution in [3.63, 3.8) is 0 Å². The van der Waals surface area contributed by atoms with E-state index in [1.807, 2.05) is 10.9 Å². The van der Waals surface area contributed by atoms with Crippen LogP contribution < -0.4 is 5.73 Å². The summed E-state index contributed by atoms with van der Waals surface area (Å²) in [6.45, 7) is 7.02. The molecular formula is C15H21BrN4. The van der Waals surface area contributed by atoms with Crippen molar-refractivity contribution in [3.05, 3.63) is 45.4 Å². The average molecular weight is 337 g/mol. The van der Waals surface area contributed by atoms with Crippen LogP contribution in [0.25, 0.3) is 0 Å². The Morgan fingerprint density at radius 1 is 1.35 bits per heavy atom. The van der Waals surface area contributed by atoms with Crippen molar-refractivity contribution in [2.45, 2.75) is 46.2 Å². The second-order valence-electron chi connectivity index (χ2n) is 5.19. The van der Waals surface area contributed by atoms with Gasteiger partial charge in [-0.15, -0.1) is 0 Å². The standard InChI is InChI=1S/C15H21BrN4/c1-4-14(17)6-15-10(2)19-20(11(15)3)9-12-5-13(16)8-18-7-12/h5,7-8,14H,4,6,9,17H2,1-3H3. The maximum absolute atomic E-state index is 6.07. The lowest BCUT2D eigenvalue weighted by molar-refractivity contribution is 0.635. The summed E-state index contributed by atoms with van der Waals surface area (Å²) in [5.41, 5.74) is 10.8. The van der Waals surface area contributed by atoms with E-state index in [0.717, 1.165) is 35.1 Å². The first-order valence-electron chi connectivity index (χ1n) is 6.89. The number of pyridine rings is 1. The average Bonchev–Trinajstić information content (AvgIpc) is 2.66. The molecule has 0 bridgehead atoms. The predicted octanol–water partition coefficient (Wildman–Crippen LogP) is 2.99. The second-order valence-corrected chi connectivity index (χ2v) is 6.11. The van der Waals surface area contributed by atoms with Crippen molar-refractivity contribution in [2.75, 3.05) is 0 Å². The lowest BCUT2D eigenvalue weighted by Gasteiger charge is -2.09. The molecule has 0 fully saturated rings. The van der Waals surface area contributed by atoms with Crippen LogP contribution in [0.1, 0.15) is 35.9 Å². The summed E-state index contributed by atoms with van der Waals surface area (Å²) < 4.78 is 3.03. The third-order valence-corrected chi connectivity index (χ3v) is 4.05. The molecule has 1 atom stereocenters. The highest BCUT2D eigenvalue weighted by atomic mass is 79.9. The van der Waals surface area contributed by atoms with Crippen LogP contribution in [-0.4, -0.2) is 20.8 Å². The van der Waals surface area contributed by atoms with E-state index in [4.69, 9.17) is 5.73 Å². The topological polar surface area (TPSA) is 56.7 Å². The molecule has 0 aliphatic rings. The number of nitrogens with two attached hydrogens (primary N) is 1. The highest BCUT2D eigenvalue weighted by Gasteiger charge is 2.14. The van der Waals surface area contributed by atoms with Crippen LogP contribution >= 0.6 is 15.9 Å². The van der Waals surface area contributed by atoms with Gasteiger partial charge in [-0.05, 0) is 59.8 Å². The molecule has 4 nitrogen and oxygen atoms in total. The largest absolute Gasteiger partial charge is 0.327 e. The Morgan fingerprint density at radius 3 is 2.75 bits per heavy atom. The van der Waals surface area contributed by atoms with Gasteiger partial charge in [0, 0.05) is 28.6 Å². The number of rotatable bonds is 5. The van der Waals surface area contributed by atoms with Crippen molar-refractivity contribution < 1.29 is 0 Å². The molecule has 0 spiro atoms. The third-order valence-electron chi connectivity index (χ3n) is 3.62. The van der Waals surface area contributed by atoms with Gasteiger partial charge < -0.3 is 5.73 Å². The van der Waals surface area contributed by atoms with Crippen LogP contribution in [0.5, 0.6) is 0 Å². The monoisotopic (exact) mass is 336 g/mol. The van der Waals surface area contributed by atoms with E-state index in [2.05, 4.69) is 52.9 Å². The zero-order chi connectivity index (χ0) is 14.7. The Hall–Kier alpha value is -1.20. The molecule has 0 aliphatic carbocycles. The summed E-state index contributed by atoms with van der Waals surface area (Å²) in [4.78, 5) is 4.19. The summed E-state index contributed by atoms with van der Waals surface area (Å²) >= 11 is 3.45. The fraction of sp³-hybridized carbons (Fsp3) is 0.467. The van der Waals surface area contributed by atoms with Gasteiger partial charge >= 0.3 is 0 Å². The highest BCUT2D eigenvalue weighted by Crippen LogP contribution is 2.18. The number of aromatic nitrogens is 3. The van der Waals surface area contributed by atoms with Gasteiger partial charge in [0.25, 0.3) is 0 Å². The molecule has 0 aliphatic heterocycles. The molecule has 0 saturated heterocycles. The molecule has 2 rings (SSSR count). The molecule has 1 unspecified atom stereocenters. The summed E-state index contributed by atoms with van der Waals surface area (Å²) in [6.07, 6.45) is 5.54. The quantitative estimate of drug-likeness (QED) is 0.913. The summed E-state index contributed by atoms with van der Waals surface area (Å²) in [7, 11) is 0. The predicted molar refractivity (Wildman–Crippen MR) is 84.7 cm³/mol. The molecule has 0 saturated carbocycles. The van der Waals surface area contributed by atoms with Crippen molar-refractivity contribution in [2.24, 2.45) is 5.73 Å². The molecule has 108 valence electrons. The van der Waals surface area contributed by atoms with E-state index in [-0.39, 0.29) is 6.04 Å². The van der Waals surface area contributed by atoms with Crippen LogP contribution in [0.2, 0.25) is 0 Å². The zero-order valence-electron chi connectivity index (χ0n) is 12.2. The van der Waals surface area contributed by atoms with Crippen LogP contribution in [0.15, 0.2) is 22.9 Å². The van der Waals surface area contributed by atoms with E-state index in [9.17, 15) is 0 Å². The van der Waals surface area contributed by atoms with E-state index in [0.29, 0.717) is 0 Å². The molecule has 0 aromatic carbocycles. The summed E-state index contributed by atoms with van der Waals surface area (Å²) in [5.74, 6) is 0. The maximum atomic E-state index is 6.07. The van der Waals surface area contributed by atoms with Gasteiger partial charge in [-0.2, -0.15) is 5.10 Å². The van der Waals surface area contributed by atoms with Gasteiger partial charge in [-0.25, -0.2) is 0 Å². The summed E-state index contributed by atoms with van der Waals surface area (Å²) in [5, 5.41) is 4.64. The molecule has 2 heterocycles. The fourth-order valence-corrected chi connectivity index (χ4v) is 2.72. The number of aryl methyl sites for hydroxylation is 1. The highest BCUT2D eigenvalue weighted by molar-refractivity contribution is 9.10. The van der Waals surface area contributed by atoms with Gasteiger partial charge in [0.2, 0.25) is 0 Å². The van der Waals surface area contributed by atoms with E-state index < -0.39 is 0 Å². The molecule has 2 aromatic heterocycles. The first-order chi connectivity index (χ1) is 9.51. The van der Waals surface area contributed by atoms with Crippen molar-refractivity contribution in [1.29, 1.82) is 0 Å². The molecular weight excluding hydrogens is 316 g/mol. The maximum Gasteiger partial charge on any atom is 0.0678 e. The third kappa shape index (κ3) is 3.46. The number of hydrogen-bond donors (Lipinski definition) is 1. The minimum Gasteiger partial charge on any atom is -0.327 e. The Labute approximate surface area is 128 Å². The van der Waals surface area contributed by atoms with Gasteiger partial charge in [0.1, 0.15) is 0 Å². The van der Waals surface area contributed by atoms with Crippen molar-refractivity contribution >= 4 is 15.9 Å². The smallest absolute Gasteiger partial charge is 0.0678 e. The second kappa shape index (κ2) is 6.50. The van der Waals surface area contributed by atoms with Gasteiger partial charge in [0.15, 0.2) is 0 Å². The molecule has 0 radical (unpaired) electrons. The first kappa shape index (κ1) is 15.2. The van der Waals surface area contributed by atoms with Gasteiger partial charge in [0.05, 0.1) is 12.2 Å². The van der Waals surface area contributed by atoms with Gasteiger partial charge in [-0.3, -0.25) is 9.67 Å². The van der Waals surface area contributed by atoms with Crippen LogP contribution in [0.4, 0.5) is 0 Å². The number of hydrogen-bond acceptors (Lipinski definition) is 3. The lowest BCUT2D eigenvalue weighted by Crippen LogP contribution is -2.22. The van der Waals surface area contributed by atoms with E-state index in [1.165, 1.54) is 11.3 Å². The SMILES string of the molecule is CCC(N)Cc1c(C)nn(Cc2cncc(Br)c2)c1C. The lowest BCUT2D eigenvalue weighted by atomic mass is 10.0. The first-order valence-corrected chi connectivity index (χ1v) is 7.68. The van der Waals surface area contributed by atoms with Crippen molar-refractivity contribution in [1.82, 2.24) is 14.8 Å². The Kier molecular flexibility index (Phi) is 4.94. The number of halogens is 1. The minimum atomic E-state index is 0.206. The molecule has 5 heteroatoms. The normalized spacial score (nSPS) is 12.7. The summed E-state index contributed by atoms with van der Waals surface area (Å²) in [6, 6.07) is 2.28. The van der Waals surface area contributed by atoms with Crippen LogP contribution in [-0.2, 0) is 13.0 Å². The van der Waals surface area contributed by atoms with Crippen LogP contribution in [0, 0.1) is 13.8 Å².